The first-order chi connectivity index (χ1) is 7.27. The minimum absolute atomic E-state index is 0.292. The highest BCUT2D eigenvalue weighted by molar-refractivity contribution is 5.92. The van der Waals surface area contributed by atoms with Crippen molar-refractivity contribution in [2.75, 3.05) is 6.61 Å². The Hall–Kier alpha value is -1.62. The molecule has 0 aromatic carbocycles. The maximum atomic E-state index is 10.9. The van der Waals surface area contributed by atoms with Gasteiger partial charge in [0.05, 0.1) is 12.2 Å². The van der Waals surface area contributed by atoms with Crippen molar-refractivity contribution in [1.29, 1.82) is 0 Å². The Morgan fingerprint density at radius 2 is 2.40 bits per heavy atom. The topological polar surface area (TPSA) is 71.5 Å². The molecule has 0 saturated heterocycles. The van der Waals surface area contributed by atoms with Crippen LogP contribution in [-0.4, -0.2) is 22.7 Å². The lowest BCUT2D eigenvalue weighted by Gasteiger charge is -2.04. The normalized spacial score (nSPS) is 9.73. The molecule has 82 valence electrons. The molecule has 0 atom stereocenters. The number of hydroxylamine groups is 1. The largest absolute Gasteiger partial charge is 0.478 e. The molecule has 0 fully saturated rings. The lowest BCUT2D eigenvalue weighted by Crippen LogP contribution is -2.18. The van der Waals surface area contributed by atoms with Gasteiger partial charge in [-0.2, -0.15) is 0 Å². The molecule has 0 bridgehead atoms. The van der Waals surface area contributed by atoms with Crippen molar-refractivity contribution in [3.05, 3.63) is 23.9 Å². The molecule has 2 N–H and O–H groups in total. The number of unbranched alkanes of at least 4 members (excludes halogenated alkanes) is 1. The molecular formula is C10H14N2O3. The predicted molar refractivity (Wildman–Crippen MR) is 53.9 cm³/mol. The second-order valence-corrected chi connectivity index (χ2v) is 3.03. The Bertz CT molecular complexity index is 311. The van der Waals surface area contributed by atoms with Crippen molar-refractivity contribution in [1.82, 2.24) is 10.5 Å². The summed E-state index contributed by atoms with van der Waals surface area (Å²) in [5, 5.41) is 8.37. The summed E-state index contributed by atoms with van der Waals surface area (Å²) < 4.78 is 5.31. The van der Waals surface area contributed by atoms with Crippen LogP contribution in [0.2, 0.25) is 0 Å². The summed E-state index contributed by atoms with van der Waals surface area (Å²) >= 11 is 0. The summed E-state index contributed by atoms with van der Waals surface area (Å²) in [4.78, 5) is 14.9. The van der Waals surface area contributed by atoms with Crippen LogP contribution in [0.15, 0.2) is 18.3 Å². The van der Waals surface area contributed by atoms with Gasteiger partial charge in [-0.25, -0.2) is 10.5 Å². The Labute approximate surface area is 88.0 Å². The number of rotatable bonds is 5. The van der Waals surface area contributed by atoms with E-state index in [4.69, 9.17) is 9.94 Å². The first kappa shape index (κ1) is 11.5. The number of carbonyl (C=O) groups excluding carboxylic acids is 1. The lowest BCUT2D eigenvalue weighted by molar-refractivity contribution is 0.0706. The van der Waals surface area contributed by atoms with Crippen LogP contribution in [0.25, 0.3) is 0 Å². The van der Waals surface area contributed by atoms with Crippen molar-refractivity contribution in [3.8, 4) is 5.88 Å². The van der Waals surface area contributed by atoms with Gasteiger partial charge in [0, 0.05) is 12.3 Å². The number of hydrogen-bond donors (Lipinski definition) is 2. The van der Waals surface area contributed by atoms with E-state index < -0.39 is 5.91 Å². The highest BCUT2D eigenvalue weighted by Gasteiger charge is 2.04. The Kier molecular flexibility index (Phi) is 4.56. The van der Waals surface area contributed by atoms with Gasteiger partial charge >= 0.3 is 0 Å². The molecule has 0 unspecified atom stereocenters. The summed E-state index contributed by atoms with van der Waals surface area (Å²) in [6.45, 7) is 2.69. The van der Waals surface area contributed by atoms with Crippen molar-refractivity contribution in [2.24, 2.45) is 0 Å². The molecule has 0 aliphatic carbocycles. The first-order valence-electron chi connectivity index (χ1n) is 4.81. The number of pyridine rings is 1. The number of hydrogen-bond acceptors (Lipinski definition) is 4. The minimum atomic E-state index is -0.581. The van der Waals surface area contributed by atoms with Gasteiger partial charge in [0.25, 0.3) is 5.91 Å². The van der Waals surface area contributed by atoms with Crippen LogP contribution in [0.1, 0.15) is 30.1 Å². The number of nitrogens with zero attached hydrogens (tertiary/aromatic N) is 1. The fourth-order valence-electron chi connectivity index (χ4n) is 0.986. The van der Waals surface area contributed by atoms with Gasteiger partial charge in [-0.3, -0.25) is 10.0 Å². The third-order valence-corrected chi connectivity index (χ3v) is 1.85. The monoisotopic (exact) mass is 210 g/mol. The minimum Gasteiger partial charge on any atom is -0.478 e. The van der Waals surface area contributed by atoms with Crippen LogP contribution in [0, 0.1) is 0 Å². The molecule has 0 aliphatic heterocycles. The van der Waals surface area contributed by atoms with Gasteiger partial charge in [0.15, 0.2) is 0 Å². The van der Waals surface area contributed by atoms with Crippen LogP contribution in [0.5, 0.6) is 5.88 Å². The number of amides is 1. The molecule has 5 heteroatoms. The molecule has 0 saturated carbocycles. The summed E-state index contributed by atoms with van der Waals surface area (Å²) in [6, 6.07) is 3.14. The predicted octanol–water partition coefficient (Wildman–Crippen LogP) is 1.38. The average Bonchev–Trinajstić information content (AvgIpc) is 2.29. The van der Waals surface area contributed by atoms with Crippen molar-refractivity contribution in [3.63, 3.8) is 0 Å². The molecule has 0 spiro atoms. The van der Waals surface area contributed by atoms with Gasteiger partial charge < -0.3 is 4.74 Å². The van der Waals surface area contributed by atoms with E-state index in [1.165, 1.54) is 11.7 Å². The smallest absolute Gasteiger partial charge is 0.276 e. The van der Waals surface area contributed by atoms with Crippen LogP contribution < -0.4 is 10.2 Å². The van der Waals surface area contributed by atoms with Crippen LogP contribution in [0.4, 0.5) is 0 Å². The maximum Gasteiger partial charge on any atom is 0.276 e. The Balaban J connectivity index is 2.52. The fraction of sp³-hybridized carbons (Fsp3) is 0.400. The SMILES string of the molecule is CCCCOc1ccc(C(=O)NO)cn1. The van der Waals surface area contributed by atoms with Gasteiger partial charge in [-0.05, 0) is 12.5 Å². The molecular weight excluding hydrogens is 196 g/mol. The first-order valence-corrected chi connectivity index (χ1v) is 4.81. The van der Waals surface area contributed by atoms with Gasteiger partial charge in [0.2, 0.25) is 5.88 Å². The number of aromatic nitrogens is 1. The average molecular weight is 210 g/mol. The molecule has 1 heterocycles. The molecule has 1 aromatic rings. The number of nitrogens with one attached hydrogen (secondary N) is 1. The summed E-state index contributed by atoms with van der Waals surface area (Å²) in [7, 11) is 0. The summed E-state index contributed by atoms with van der Waals surface area (Å²) in [6.07, 6.45) is 3.39. The third kappa shape index (κ3) is 3.55. The molecule has 1 aromatic heterocycles. The van der Waals surface area contributed by atoms with E-state index in [2.05, 4.69) is 11.9 Å². The van der Waals surface area contributed by atoms with Crippen LogP contribution >= 0.6 is 0 Å². The highest BCUT2D eigenvalue weighted by atomic mass is 16.5. The standard InChI is InChI=1S/C10H14N2O3/c1-2-3-6-15-9-5-4-8(7-11-9)10(13)12-14/h4-5,7,14H,2-3,6H2,1H3,(H,12,13). The van der Waals surface area contributed by atoms with E-state index in [9.17, 15) is 4.79 Å². The van der Waals surface area contributed by atoms with Crippen LogP contribution in [0.3, 0.4) is 0 Å². The molecule has 0 radical (unpaired) electrons. The van der Waals surface area contributed by atoms with Crippen molar-refractivity contribution in [2.45, 2.75) is 19.8 Å². The zero-order chi connectivity index (χ0) is 11.1. The van der Waals surface area contributed by atoms with Crippen molar-refractivity contribution >= 4 is 5.91 Å². The zero-order valence-corrected chi connectivity index (χ0v) is 8.56. The third-order valence-electron chi connectivity index (χ3n) is 1.85. The van der Waals surface area contributed by atoms with E-state index in [0.717, 1.165) is 12.8 Å². The quantitative estimate of drug-likeness (QED) is 0.437. The van der Waals surface area contributed by atoms with E-state index in [-0.39, 0.29) is 0 Å². The van der Waals surface area contributed by atoms with E-state index in [0.29, 0.717) is 18.1 Å². The Morgan fingerprint density at radius 3 is 2.93 bits per heavy atom. The fourth-order valence-corrected chi connectivity index (χ4v) is 0.986. The van der Waals surface area contributed by atoms with E-state index in [1.54, 1.807) is 12.1 Å². The Morgan fingerprint density at radius 1 is 1.60 bits per heavy atom. The number of ether oxygens (including phenoxy) is 1. The molecule has 1 rings (SSSR count). The second kappa shape index (κ2) is 5.98. The molecule has 1 amide bonds. The summed E-state index contributed by atoms with van der Waals surface area (Å²) in [5.41, 5.74) is 1.83. The molecule has 15 heavy (non-hydrogen) atoms. The lowest BCUT2D eigenvalue weighted by atomic mass is 10.3. The molecule has 0 aliphatic rings. The van der Waals surface area contributed by atoms with Crippen molar-refractivity contribution < 1.29 is 14.7 Å². The van der Waals surface area contributed by atoms with E-state index in [1.807, 2.05) is 0 Å². The highest BCUT2D eigenvalue weighted by Crippen LogP contribution is 2.07. The number of carbonyl (C=O) groups is 1. The zero-order valence-electron chi connectivity index (χ0n) is 8.56. The molecule has 5 nitrogen and oxygen atoms in total. The van der Waals surface area contributed by atoms with Gasteiger partial charge in [0.1, 0.15) is 0 Å². The van der Waals surface area contributed by atoms with Gasteiger partial charge in [-0.15, -0.1) is 0 Å². The van der Waals surface area contributed by atoms with Gasteiger partial charge in [-0.1, -0.05) is 13.3 Å². The van der Waals surface area contributed by atoms with Crippen LogP contribution in [-0.2, 0) is 0 Å². The maximum absolute atomic E-state index is 10.9. The summed E-state index contributed by atoms with van der Waals surface area (Å²) in [5.74, 6) is -0.0967. The second-order valence-electron chi connectivity index (χ2n) is 3.03. The van der Waals surface area contributed by atoms with E-state index >= 15 is 0 Å².